The first-order chi connectivity index (χ1) is 17.2. The number of alkyl halides is 6. The molecule has 1 amide bonds. The number of rotatable bonds is 8. The van der Waals surface area contributed by atoms with Gasteiger partial charge in [0.25, 0.3) is 5.91 Å². The zero-order valence-electron chi connectivity index (χ0n) is 19.6. The first kappa shape index (κ1) is 28.5. The maximum atomic E-state index is 14.4. The Morgan fingerprint density at radius 1 is 1.03 bits per heavy atom. The Hall–Kier alpha value is -3.12. The molecule has 0 heterocycles. The van der Waals surface area contributed by atoms with Crippen LogP contribution in [0.2, 0.25) is 0 Å². The minimum atomic E-state index is -5.63. The number of hydrogen-bond donors (Lipinski definition) is 3. The number of carbonyl (C=O) groups is 2. The fourth-order valence-corrected chi connectivity index (χ4v) is 4.40. The number of aliphatic hydroxyl groups excluding tert-OH is 1. The summed E-state index contributed by atoms with van der Waals surface area (Å²) >= 11 is 0. The van der Waals surface area contributed by atoms with E-state index >= 15 is 0 Å². The number of halogens is 6. The second-order valence-electron chi connectivity index (χ2n) is 8.75. The van der Waals surface area contributed by atoms with Gasteiger partial charge in [0.1, 0.15) is 0 Å². The summed E-state index contributed by atoms with van der Waals surface area (Å²) in [4.78, 5) is 24.7. The molecule has 1 saturated carbocycles. The van der Waals surface area contributed by atoms with Crippen molar-refractivity contribution in [1.29, 1.82) is 0 Å². The lowest BCUT2D eigenvalue weighted by atomic mass is 9.64. The van der Waals surface area contributed by atoms with Crippen LogP contribution in [0.5, 0.6) is 0 Å². The normalized spacial score (nSPS) is 17.8. The van der Waals surface area contributed by atoms with Crippen LogP contribution in [0.3, 0.4) is 0 Å². The molecule has 37 heavy (non-hydrogen) atoms. The highest BCUT2D eigenvalue weighted by Gasteiger charge is 2.66. The Labute approximate surface area is 208 Å². The fourth-order valence-electron chi connectivity index (χ4n) is 4.40. The van der Waals surface area contributed by atoms with Crippen molar-refractivity contribution >= 4 is 17.6 Å². The van der Waals surface area contributed by atoms with Crippen LogP contribution in [-0.2, 0) is 20.5 Å². The number of anilines is 1. The molecule has 202 valence electrons. The monoisotopic (exact) mass is 533 g/mol. The average Bonchev–Trinajstić information content (AvgIpc) is 2.79. The van der Waals surface area contributed by atoms with Crippen molar-refractivity contribution in [2.75, 3.05) is 11.9 Å². The summed E-state index contributed by atoms with van der Waals surface area (Å²) in [6.07, 6.45) is -11.7. The molecular weight excluding hydrogens is 508 g/mol. The van der Waals surface area contributed by atoms with Gasteiger partial charge in [0, 0.05) is 11.6 Å². The molecule has 2 aromatic carbocycles. The molecule has 12 heteroatoms. The molecule has 0 radical (unpaired) electrons. The van der Waals surface area contributed by atoms with Crippen molar-refractivity contribution in [3.05, 3.63) is 65.2 Å². The Morgan fingerprint density at radius 2 is 1.62 bits per heavy atom. The van der Waals surface area contributed by atoms with Gasteiger partial charge in [0.15, 0.2) is 6.10 Å². The molecular formula is C25H25F6NO5. The van der Waals surface area contributed by atoms with E-state index < -0.39 is 58.9 Å². The second-order valence-corrected chi connectivity index (χ2v) is 8.75. The maximum absolute atomic E-state index is 14.4. The van der Waals surface area contributed by atoms with E-state index in [2.05, 4.69) is 4.74 Å². The van der Waals surface area contributed by atoms with Gasteiger partial charge in [0.2, 0.25) is 5.60 Å². The highest BCUT2D eigenvalue weighted by molar-refractivity contribution is 5.99. The Morgan fingerprint density at radius 3 is 2.11 bits per heavy atom. The third-order valence-corrected chi connectivity index (χ3v) is 6.45. The molecule has 3 atom stereocenters. The largest absolute Gasteiger partial charge is 0.464 e. The van der Waals surface area contributed by atoms with Crippen LogP contribution in [0.25, 0.3) is 0 Å². The van der Waals surface area contributed by atoms with E-state index in [-0.39, 0.29) is 30.7 Å². The van der Waals surface area contributed by atoms with Crippen molar-refractivity contribution in [3.63, 3.8) is 0 Å². The standard InChI is InChI=1S/C25H25F6NO5/c1-2-37-21(34)20(33)15-10-12-16(13-11-15)32-22(35)23(36,25(29,30)31)19(14-6-5-7-14)17-8-3-4-9-18(17)24(26,27)28/h3-4,8-14,19-20,33,36H,2,5-7H2,1H3,(H,32,35). The first-order valence-corrected chi connectivity index (χ1v) is 11.4. The van der Waals surface area contributed by atoms with Crippen molar-refractivity contribution in [2.45, 2.75) is 56.2 Å². The SMILES string of the molecule is CCOC(=O)C(O)c1ccc(NC(=O)C(O)(C(c2ccccc2C(F)(F)F)C2CCC2)C(F)(F)F)cc1. The van der Waals surface area contributed by atoms with E-state index in [4.69, 9.17) is 0 Å². The molecule has 1 aliphatic carbocycles. The third kappa shape index (κ3) is 5.74. The Kier molecular flexibility index (Phi) is 8.23. The van der Waals surface area contributed by atoms with E-state index in [1.54, 1.807) is 0 Å². The topological polar surface area (TPSA) is 95.9 Å². The van der Waals surface area contributed by atoms with Crippen molar-refractivity contribution < 1.29 is 50.9 Å². The van der Waals surface area contributed by atoms with Crippen LogP contribution in [0.4, 0.5) is 32.0 Å². The molecule has 1 aliphatic rings. The number of esters is 1. The number of hydrogen-bond acceptors (Lipinski definition) is 5. The van der Waals surface area contributed by atoms with Gasteiger partial charge in [-0.1, -0.05) is 36.8 Å². The van der Waals surface area contributed by atoms with Crippen LogP contribution >= 0.6 is 0 Å². The van der Waals surface area contributed by atoms with Gasteiger partial charge < -0.3 is 20.3 Å². The highest BCUT2D eigenvalue weighted by atomic mass is 19.4. The summed E-state index contributed by atoms with van der Waals surface area (Å²) in [7, 11) is 0. The van der Waals surface area contributed by atoms with Crippen LogP contribution < -0.4 is 5.32 Å². The molecule has 1 fully saturated rings. The van der Waals surface area contributed by atoms with Gasteiger partial charge in [-0.3, -0.25) is 4.79 Å². The lowest BCUT2D eigenvalue weighted by Crippen LogP contribution is -2.61. The minimum absolute atomic E-state index is 0.000310. The molecule has 3 N–H and O–H groups in total. The second kappa shape index (κ2) is 10.7. The summed E-state index contributed by atoms with van der Waals surface area (Å²) in [6, 6.07) is 8.05. The summed E-state index contributed by atoms with van der Waals surface area (Å²) in [5.41, 5.74) is -6.59. The number of nitrogens with one attached hydrogen (secondary N) is 1. The number of benzene rings is 2. The minimum Gasteiger partial charge on any atom is -0.464 e. The van der Waals surface area contributed by atoms with Crippen molar-refractivity contribution in [2.24, 2.45) is 5.92 Å². The highest BCUT2D eigenvalue weighted by Crippen LogP contribution is 2.53. The van der Waals surface area contributed by atoms with Crippen LogP contribution in [0.15, 0.2) is 48.5 Å². The zero-order chi connectivity index (χ0) is 27.6. The van der Waals surface area contributed by atoms with E-state index in [1.165, 1.54) is 6.92 Å². The van der Waals surface area contributed by atoms with Crippen LogP contribution in [0.1, 0.15) is 54.9 Å². The third-order valence-electron chi connectivity index (χ3n) is 6.45. The van der Waals surface area contributed by atoms with E-state index in [9.17, 15) is 46.1 Å². The molecule has 0 saturated heterocycles. The lowest BCUT2D eigenvalue weighted by Gasteiger charge is -2.44. The number of ether oxygens (including phenoxy) is 1. The average molecular weight is 533 g/mol. The number of carbonyl (C=O) groups excluding carboxylic acids is 2. The van der Waals surface area contributed by atoms with Gasteiger partial charge >= 0.3 is 18.3 Å². The quantitative estimate of drug-likeness (QED) is 0.324. The van der Waals surface area contributed by atoms with Gasteiger partial charge in [0.05, 0.1) is 12.2 Å². The molecule has 6 nitrogen and oxygen atoms in total. The summed E-state index contributed by atoms with van der Waals surface area (Å²) in [6.45, 7) is 1.52. The summed E-state index contributed by atoms with van der Waals surface area (Å²) in [5, 5.41) is 22.9. The predicted molar refractivity (Wildman–Crippen MR) is 119 cm³/mol. The molecule has 0 bridgehead atoms. The number of amides is 1. The smallest absolute Gasteiger partial charge is 0.427 e. The Bertz CT molecular complexity index is 1110. The van der Waals surface area contributed by atoms with Crippen molar-refractivity contribution in [1.82, 2.24) is 0 Å². The van der Waals surface area contributed by atoms with E-state index in [1.807, 2.05) is 5.32 Å². The Balaban J connectivity index is 2.00. The maximum Gasteiger partial charge on any atom is 0.427 e. The molecule has 0 aromatic heterocycles. The molecule has 3 rings (SSSR count). The molecule has 0 spiro atoms. The van der Waals surface area contributed by atoms with Gasteiger partial charge in [-0.15, -0.1) is 0 Å². The number of aliphatic hydroxyl groups is 2. The van der Waals surface area contributed by atoms with Gasteiger partial charge in [-0.2, -0.15) is 26.3 Å². The zero-order valence-corrected chi connectivity index (χ0v) is 19.6. The summed E-state index contributed by atoms with van der Waals surface area (Å²) < 4.78 is 89.0. The fraction of sp³-hybridized carbons (Fsp3) is 0.440. The summed E-state index contributed by atoms with van der Waals surface area (Å²) in [5.74, 6) is -6.16. The van der Waals surface area contributed by atoms with Crippen LogP contribution in [0, 0.1) is 5.92 Å². The van der Waals surface area contributed by atoms with E-state index in [0.29, 0.717) is 12.5 Å². The predicted octanol–water partition coefficient (Wildman–Crippen LogP) is 5.12. The van der Waals surface area contributed by atoms with Gasteiger partial charge in [-0.05, 0) is 55.0 Å². The van der Waals surface area contributed by atoms with Gasteiger partial charge in [-0.25, -0.2) is 4.79 Å². The molecule has 0 aliphatic heterocycles. The van der Waals surface area contributed by atoms with E-state index in [0.717, 1.165) is 42.5 Å². The first-order valence-electron chi connectivity index (χ1n) is 11.4. The molecule has 3 unspecified atom stereocenters. The van der Waals surface area contributed by atoms with Crippen LogP contribution in [-0.4, -0.2) is 40.5 Å². The van der Waals surface area contributed by atoms with Crippen molar-refractivity contribution in [3.8, 4) is 0 Å². The lowest BCUT2D eigenvalue weighted by molar-refractivity contribution is -0.263. The molecule has 2 aromatic rings.